The van der Waals surface area contributed by atoms with Gasteiger partial charge in [-0.25, -0.2) is 0 Å². The maximum Gasteiger partial charge on any atom is 0.125 e. The molecular weight excluding hydrogens is 248 g/mol. The van der Waals surface area contributed by atoms with Crippen LogP contribution in [0.4, 0.5) is 5.69 Å². The lowest BCUT2D eigenvalue weighted by Gasteiger charge is -2.34. The molecule has 3 nitrogen and oxygen atoms in total. The number of anilines is 1. The maximum absolute atomic E-state index is 6.22. The van der Waals surface area contributed by atoms with Crippen LogP contribution in [0.25, 0.3) is 0 Å². The molecule has 20 heavy (non-hydrogen) atoms. The molecule has 1 saturated heterocycles. The summed E-state index contributed by atoms with van der Waals surface area (Å²) in [6.45, 7) is 5.46. The van der Waals surface area contributed by atoms with Crippen molar-refractivity contribution in [3.05, 3.63) is 23.8 Å². The first-order valence-electron chi connectivity index (χ1n) is 7.88. The minimum absolute atomic E-state index is 0.0121. The van der Waals surface area contributed by atoms with Gasteiger partial charge in [-0.15, -0.1) is 0 Å². The number of hydrogen-bond acceptors (Lipinski definition) is 3. The zero-order valence-corrected chi connectivity index (χ0v) is 13.1. The molecular formula is C17H28N2O. The van der Waals surface area contributed by atoms with Crippen LogP contribution in [0.15, 0.2) is 18.2 Å². The molecule has 3 heteroatoms. The van der Waals surface area contributed by atoms with Crippen molar-refractivity contribution >= 4 is 5.69 Å². The van der Waals surface area contributed by atoms with Crippen LogP contribution in [-0.2, 0) is 0 Å². The largest absolute Gasteiger partial charge is 0.496 e. The van der Waals surface area contributed by atoms with Gasteiger partial charge in [0.2, 0.25) is 0 Å². The molecule has 112 valence electrons. The van der Waals surface area contributed by atoms with Crippen LogP contribution in [-0.4, -0.2) is 19.7 Å². The highest BCUT2D eigenvalue weighted by Crippen LogP contribution is 2.36. The zero-order chi connectivity index (χ0) is 14.5. The molecule has 0 aliphatic carbocycles. The topological polar surface area (TPSA) is 38.5 Å². The summed E-state index contributed by atoms with van der Waals surface area (Å²) in [5.74, 6) is 0.914. The van der Waals surface area contributed by atoms with Crippen LogP contribution >= 0.6 is 0 Å². The molecule has 0 saturated carbocycles. The van der Waals surface area contributed by atoms with Crippen LogP contribution in [0.1, 0.15) is 57.6 Å². The second-order valence-corrected chi connectivity index (χ2v) is 5.79. The summed E-state index contributed by atoms with van der Waals surface area (Å²) in [7, 11) is 1.73. The Labute approximate surface area is 123 Å². The van der Waals surface area contributed by atoms with Crippen LogP contribution in [0, 0.1) is 0 Å². The minimum Gasteiger partial charge on any atom is -0.496 e. The summed E-state index contributed by atoms with van der Waals surface area (Å²) in [6.07, 6.45) is 6.42. The highest BCUT2D eigenvalue weighted by Gasteiger charge is 2.24. The molecule has 1 aliphatic heterocycles. The Hall–Kier alpha value is -1.22. The van der Waals surface area contributed by atoms with E-state index < -0.39 is 0 Å². The standard InChI is InChI=1S/C17H28N2O/c1-4-14-9-6-5-7-12-19(14)15-10-8-11-16(20-3)17(15)13(2)18/h8,10-11,13-14H,4-7,9,12,18H2,1-3H3/t13-,14?/m1/s1. The Morgan fingerprint density at radius 1 is 1.35 bits per heavy atom. The number of hydrogen-bond donors (Lipinski definition) is 1. The molecule has 0 spiro atoms. The van der Waals surface area contributed by atoms with Gasteiger partial charge in [0.15, 0.2) is 0 Å². The van der Waals surface area contributed by atoms with Gasteiger partial charge >= 0.3 is 0 Å². The van der Waals surface area contributed by atoms with Gasteiger partial charge in [0.1, 0.15) is 5.75 Å². The highest BCUT2D eigenvalue weighted by atomic mass is 16.5. The zero-order valence-electron chi connectivity index (χ0n) is 13.1. The van der Waals surface area contributed by atoms with Gasteiger partial charge in [0.05, 0.1) is 7.11 Å². The number of benzene rings is 1. The van der Waals surface area contributed by atoms with Crippen molar-refractivity contribution in [1.29, 1.82) is 0 Å². The van der Waals surface area contributed by atoms with E-state index in [0.717, 1.165) is 17.9 Å². The van der Waals surface area contributed by atoms with Crippen molar-refractivity contribution in [2.75, 3.05) is 18.6 Å². The van der Waals surface area contributed by atoms with Crippen molar-refractivity contribution in [2.45, 2.75) is 58.0 Å². The molecule has 1 heterocycles. The monoisotopic (exact) mass is 276 g/mol. The summed E-state index contributed by atoms with van der Waals surface area (Å²) in [6, 6.07) is 6.91. The maximum atomic E-state index is 6.22. The lowest BCUT2D eigenvalue weighted by Crippen LogP contribution is -2.35. The summed E-state index contributed by atoms with van der Waals surface area (Å²) in [4.78, 5) is 2.56. The van der Waals surface area contributed by atoms with E-state index >= 15 is 0 Å². The van der Waals surface area contributed by atoms with Gasteiger partial charge in [-0.1, -0.05) is 25.8 Å². The van der Waals surface area contributed by atoms with Crippen molar-refractivity contribution < 1.29 is 4.74 Å². The molecule has 0 amide bonds. The molecule has 1 aromatic rings. The van der Waals surface area contributed by atoms with E-state index in [-0.39, 0.29) is 6.04 Å². The summed E-state index contributed by atoms with van der Waals surface area (Å²) in [5.41, 5.74) is 8.64. The van der Waals surface area contributed by atoms with Gasteiger partial charge in [-0.3, -0.25) is 0 Å². The molecule has 2 N–H and O–H groups in total. The van der Waals surface area contributed by atoms with Gasteiger partial charge in [-0.05, 0) is 38.3 Å². The first-order valence-corrected chi connectivity index (χ1v) is 7.88. The SMILES string of the molecule is CCC1CCCCCN1c1cccc(OC)c1[C@@H](C)N. The average molecular weight is 276 g/mol. The Morgan fingerprint density at radius 3 is 2.80 bits per heavy atom. The third-order valence-electron chi connectivity index (χ3n) is 4.38. The fourth-order valence-corrected chi connectivity index (χ4v) is 3.34. The Kier molecular flexibility index (Phi) is 5.30. The second-order valence-electron chi connectivity index (χ2n) is 5.79. The minimum atomic E-state index is -0.0121. The van der Waals surface area contributed by atoms with Crippen molar-refractivity contribution in [3.63, 3.8) is 0 Å². The fraction of sp³-hybridized carbons (Fsp3) is 0.647. The first-order chi connectivity index (χ1) is 9.69. The van der Waals surface area contributed by atoms with Gasteiger partial charge < -0.3 is 15.4 Å². The van der Waals surface area contributed by atoms with Crippen molar-refractivity contribution in [3.8, 4) is 5.75 Å². The van der Waals surface area contributed by atoms with E-state index in [1.807, 2.05) is 13.0 Å². The number of nitrogens with two attached hydrogens (primary N) is 1. The predicted molar refractivity (Wildman–Crippen MR) is 85.5 cm³/mol. The predicted octanol–water partition coefficient (Wildman–Crippen LogP) is 3.87. The molecule has 1 unspecified atom stereocenters. The van der Waals surface area contributed by atoms with Crippen LogP contribution in [0.5, 0.6) is 5.75 Å². The quantitative estimate of drug-likeness (QED) is 0.907. The van der Waals surface area contributed by atoms with E-state index in [2.05, 4.69) is 24.0 Å². The molecule has 0 aromatic heterocycles. The third kappa shape index (κ3) is 3.09. The van der Waals surface area contributed by atoms with Crippen LogP contribution in [0.3, 0.4) is 0 Å². The molecule has 2 rings (SSSR count). The number of methoxy groups -OCH3 is 1. The molecule has 0 radical (unpaired) electrons. The van der Waals surface area contributed by atoms with Crippen LogP contribution in [0.2, 0.25) is 0 Å². The van der Waals surface area contributed by atoms with Gasteiger partial charge in [0.25, 0.3) is 0 Å². The molecule has 1 aromatic carbocycles. The summed E-state index contributed by atoms with van der Waals surface area (Å²) < 4.78 is 5.53. The Morgan fingerprint density at radius 2 is 2.15 bits per heavy atom. The highest BCUT2D eigenvalue weighted by molar-refractivity contribution is 5.61. The molecule has 0 bridgehead atoms. The molecule has 1 fully saturated rings. The second kappa shape index (κ2) is 6.98. The van der Waals surface area contributed by atoms with Gasteiger partial charge in [0, 0.05) is 29.9 Å². The van der Waals surface area contributed by atoms with E-state index in [1.54, 1.807) is 7.11 Å². The Bertz CT molecular complexity index is 431. The third-order valence-corrected chi connectivity index (χ3v) is 4.38. The van der Waals surface area contributed by atoms with E-state index in [9.17, 15) is 0 Å². The van der Waals surface area contributed by atoms with Crippen molar-refractivity contribution in [1.82, 2.24) is 0 Å². The van der Waals surface area contributed by atoms with E-state index in [0.29, 0.717) is 6.04 Å². The van der Waals surface area contributed by atoms with Crippen LogP contribution < -0.4 is 15.4 Å². The molecule has 2 atom stereocenters. The average Bonchev–Trinajstić information content (AvgIpc) is 2.71. The number of rotatable bonds is 4. The fourth-order valence-electron chi connectivity index (χ4n) is 3.34. The molecule has 1 aliphatic rings. The Balaban J connectivity index is 2.43. The van der Waals surface area contributed by atoms with E-state index in [4.69, 9.17) is 10.5 Å². The lowest BCUT2D eigenvalue weighted by molar-refractivity contribution is 0.406. The smallest absolute Gasteiger partial charge is 0.125 e. The van der Waals surface area contributed by atoms with E-state index in [1.165, 1.54) is 37.8 Å². The summed E-state index contributed by atoms with van der Waals surface area (Å²) >= 11 is 0. The number of ether oxygens (including phenoxy) is 1. The van der Waals surface area contributed by atoms with Crippen molar-refractivity contribution in [2.24, 2.45) is 5.73 Å². The van der Waals surface area contributed by atoms with Gasteiger partial charge in [-0.2, -0.15) is 0 Å². The normalized spacial score (nSPS) is 21.4. The lowest BCUT2D eigenvalue weighted by atomic mass is 10.0. The number of nitrogens with zero attached hydrogens (tertiary/aromatic N) is 1. The summed E-state index contributed by atoms with van der Waals surface area (Å²) in [5, 5.41) is 0. The first kappa shape index (κ1) is 15.2.